The lowest BCUT2D eigenvalue weighted by atomic mass is 10.1. The largest absolute Gasteiger partial charge is 0.370 e. The van der Waals surface area contributed by atoms with Crippen molar-refractivity contribution in [3.8, 4) is 0 Å². The maximum atomic E-state index is 6.35. The molecule has 3 aromatic rings. The van der Waals surface area contributed by atoms with Gasteiger partial charge in [-0.15, -0.1) is 0 Å². The molecule has 0 aliphatic carbocycles. The van der Waals surface area contributed by atoms with Gasteiger partial charge in [0.2, 0.25) is 5.95 Å². The van der Waals surface area contributed by atoms with Crippen LogP contribution in [-0.2, 0) is 0 Å². The fraction of sp³-hybridized carbons (Fsp3) is 0.0667. The van der Waals surface area contributed by atoms with Crippen molar-refractivity contribution >= 4 is 46.1 Å². The van der Waals surface area contributed by atoms with Crippen molar-refractivity contribution < 1.29 is 0 Å². The number of imidazole rings is 1. The van der Waals surface area contributed by atoms with E-state index in [4.69, 9.17) is 28.9 Å². The Kier molecular flexibility index (Phi) is 2.99. The standard InChI is InChI=1S/C15H11Cl2N5/c16-8-5-6-9(10(17)7-8)13-20-14(18)21-15-19-11-3-1-2-4-12(11)22(13)15/h1-7,13H,(H3,18,19,20,21). The molecule has 3 N–H and O–H groups in total. The monoisotopic (exact) mass is 331 g/mol. The zero-order valence-corrected chi connectivity index (χ0v) is 12.8. The van der Waals surface area contributed by atoms with Gasteiger partial charge in [-0.2, -0.15) is 0 Å². The number of anilines is 1. The fourth-order valence-corrected chi connectivity index (χ4v) is 3.14. The van der Waals surface area contributed by atoms with E-state index in [9.17, 15) is 0 Å². The molecule has 1 aliphatic rings. The molecule has 1 atom stereocenters. The molecule has 0 amide bonds. The molecule has 0 saturated carbocycles. The van der Waals surface area contributed by atoms with Gasteiger partial charge in [0.25, 0.3) is 0 Å². The number of nitrogens with one attached hydrogen (secondary N) is 1. The Morgan fingerprint density at radius 1 is 1.14 bits per heavy atom. The zero-order chi connectivity index (χ0) is 15.3. The molecule has 22 heavy (non-hydrogen) atoms. The number of benzene rings is 2. The van der Waals surface area contributed by atoms with Gasteiger partial charge in [-0.05, 0) is 24.3 Å². The summed E-state index contributed by atoms with van der Waals surface area (Å²) in [7, 11) is 0. The van der Waals surface area contributed by atoms with Crippen LogP contribution in [0.5, 0.6) is 0 Å². The average molecular weight is 332 g/mol. The van der Waals surface area contributed by atoms with Gasteiger partial charge >= 0.3 is 0 Å². The number of rotatable bonds is 1. The fourth-order valence-electron chi connectivity index (χ4n) is 2.64. The highest BCUT2D eigenvalue weighted by Crippen LogP contribution is 2.36. The minimum absolute atomic E-state index is 0.304. The van der Waals surface area contributed by atoms with E-state index in [1.165, 1.54) is 0 Å². The van der Waals surface area contributed by atoms with Crippen LogP contribution in [0.2, 0.25) is 10.0 Å². The Morgan fingerprint density at radius 3 is 2.77 bits per heavy atom. The first-order valence-corrected chi connectivity index (χ1v) is 7.41. The highest BCUT2D eigenvalue weighted by atomic mass is 35.5. The highest BCUT2D eigenvalue weighted by molar-refractivity contribution is 6.35. The highest BCUT2D eigenvalue weighted by Gasteiger charge is 2.26. The van der Waals surface area contributed by atoms with Gasteiger partial charge in [0.15, 0.2) is 12.1 Å². The molecule has 1 unspecified atom stereocenters. The van der Waals surface area contributed by atoms with E-state index >= 15 is 0 Å². The van der Waals surface area contributed by atoms with Gasteiger partial charge in [0, 0.05) is 15.6 Å². The molecule has 110 valence electrons. The Bertz CT molecular complexity index is 915. The average Bonchev–Trinajstić information content (AvgIpc) is 2.84. The van der Waals surface area contributed by atoms with Crippen LogP contribution in [0.15, 0.2) is 47.5 Å². The van der Waals surface area contributed by atoms with Crippen LogP contribution in [0.4, 0.5) is 5.95 Å². The van der Waals surface area contributed by atoms with Crippen LogP contribution in [-0.4, -0.2) is 15.5 Å². The first-order valence-electron chi connectivity index (χ1n) is 6.66. The smallest absolute Gasteiger partial charge is 0.212 e. The summed E-state index contributed by atoms with van der Waals surface area (Å²) in [6, 6.07) is 13.2. The molecule has 5 nitrogen and oxygen atoms in total. The minimum Gasteiger partial charge on any atom is -0.370 e. The van der Waals surface area contributed by atoms with E-state index in [0.29, 0.717) is 22.0 Å². The third-order valence-electron chi connectivity index (χ3n) is 3.58. The third kappa shape index (κ3) is 2.01. The van der Waals surface area contributed by atoms with Crippen molar-refractivity contribution in [2.75, 3.05) is 5.32 Å². The van der Waals surface area contributed by atoms with Gasteiger partial charge in [-0.1, -0.05) is 41.4 Å². The molecule has 0 spiro atoms. The number of hydrogen-bond acceptors (Lipinski definition) is 4. The molecule has 7 heteroatoms. The SMILES string of the molecule is NC1=NC(c2ccc(Cl)cc2Cl)n2c(nc3ccccc32)N1. The van der Waals surface area contributed by atoms with E-state index in [1.807, 2.05) is 34.9 Å². The maximum absolute atomic E-state index is 6.35. The molecule has 0 saturated heterocycles. The number of para-hydroxylation sites is 2. The van der Waals surface area contributed by atoms with E-state index in [2.05, 4.69) is 15.3 Å². The van der Waals surface area contributed by atoms with Crippen LogP contribution in [0.1, 0.15) is 11.7 Å². The third-order valence-corrected chi connectivity index (χ3v) is 4.14. The second-order valence-electron chi connectivity index (χ2n) is 4.97. The number of nitrogens with two attached hydrogens (primary N) is 1. The first-order chi connectivity index (χ1) is 10.6. The Labute approximate surface area is 136 Å². The lowest BCUT2D eigenvalue weighted by Crippen LogP contribution is -2.31. The Hall–Kier alpha value is -2.24. The van der Waals surface area contributed by atoms with Crippen LogP contribution in [0.3, 0.4) is 0 Å². The van der Waals surface area contributed by atoms with E-state index in [-0.39, 0.29) is 6.17 Å². The van der Waals surface area contributed by atoms with Crippen molar-refractivity contribution in [3.05, 3.63) is 58.1 Å². The molecule has 0 bridgehead atoms. The van der Waals surface area contributed by atoms with E-state index in [0.717, 1.165) is 16.6 Å². The quantitative estimate of drug-likeness (QED) is 0.715. The van der Waals surface area contributed by atoms with Crippen molar-refractivity contribution in [3.63, 3.8) is 0 Å². The van der Waals surface area contributed by atoms with E-state index in [1.54, 1.807) is 12.1 Å². The summed E-state index contributed by atoms with van der Waals surface area (Å²) in [4.78, 5) is 9.03. The first kappa shape index (κ1) is 13.4. The molecule has 1 aromatic heterocycles. The second-order valence-corrected chi connectivity index (χ2v) is 5.82. The summed E-state index contributed by atoms with van der Waals surface area (Å²) in [5, 5.41) is 4.11. The van der Waals surface area contributed by atoms with Crippen LogP contribution >= 0.6 is 23.2 Å². The second kappa shape index (κ2) is 4.90. The van der Waals surface area contributed by atoms with Gasteiger partial charge in [-0.3, -0.25) is 9.88 Å². The zero-order valence-electron chi connectivity index (χ0n) is 11.3. The van der Waals surface area contributed by atoms with Crippen LogP contribution in [0.25, 0.3) is 11.0 Å². The van der Waals surface area contributed by atoms with Crippen molar-refractivity contribution in [2.24, 2.45) is 10.7 Å². The van der Waals surface area contributed by atoms with Crippen molar-refractivity contribution in [1.29, 1.82) is 0 Å². The molecular formula is C15H11Cl2N5. The topological polar surface area (TPSA) is 68.2 Å². The number of aromatic nitrogens is 2. The van der Waals surface area contributed by atoms with Crippen LogP contribution in [0, 0.1) is 0 Å². The number of nitrogens with zero attached hydrogens (tertiary/aromatic N) is 3. The Balaban J connectivity index is 1.98. The lowest BCUT2D eigenvalue weighted by molar-refractivity contribution is 0.626. The normalized spacial score (nSPS) is 17.0. The summed E-state index contributed by atoms with van der Waals surface area (Å²) in [5.41, 5.74) is 8.54. The van der Waals surface area contributed by atoms with Crippen molar-refractivity contribution in [2.45, 2.75) is 6.17 Å². The molecule has 2 aromatic carbocycles. The predicted molar refractivity (Wildman–Crippen MR) is 89.6 cm³/mol. The van der Waals surface area contributed by atoms with E-state index < -0.39 is 0 Å². The summed E-state index contributed by atoms with van der Waals surface area (Å²) in [6.45, 7) is 0. The molecule has 0 fully saturated rings. The maximum Gasteiger partial charge on any atom is 0.212 e. The summed E-state index contributed by atoms with van der Waals surface area (Å²) in [6.07, 6.45) is -0.381. The number of guanidine groups is 1. The molecule has 2 heterocycles. The van der Waals surface area contributed by atoms with Gasteiger partial charge in [-0.25, -0.2) is 9.98 Å². The summed E-state index contributed by atoms with van der Waals surface area (Å²) >= 11 is 12.3. The molecule has 1 aliphatic heterocycles. The predicted octanol–water partition coefficient (Wildman–Crippen LogP) is 3.63. The number of fused-ring (bicyclic) bond motifs is 3. The number of aliphatic imine (C=N–C) groups is 1. The molecule has 0 radical (unpaired) electrons. The summed E-state index contributed by atoms with van der Waals surface area (Å²) < 4.78 is 1.97. The molecular weight excluding hydrogens is 321 g/mol. The van der Waals surface area contributed by atoms with Crippen molar-refractivity contribution in [1.82, 2.24) is 9.55 Å². The Morgan fingerprint density at radius 2 is 1.95 bits per heavy atom. The van der Waals surface area contributed by atoms with Crippen LogP contribution < -0.4 is 11.1 Å². The summed E-state index contributed by atoms with van der Waals surface area (Å²) in [5.74, 6) is 0.948. The number of hydrogen-bond donors (Lipinski definition) is 2. The number of halogens is 2. The lowest BCUT2D eigenvalue weighted by Gasteiger charge is -2.24. The van der Waals surface area contributed by atoms with Gasteiger partial charge < -0.3 is 5.73 Å². The van der Waals surface area contributed by atoms with Gasteiger partial charge in [0.1, 0.15) is 0 Å². The van der Waals surface area contributed by atoms with Gasteiger partial charge in [0.05, 0.1) is 11.0 Å². The molecule has 4 rings (SSSR count). The minimum atomic E-state index is -0.381.